The van der Waals surface area contributed by atoms with Gasteiger partial charge in [0, 0.05) is 24.8 Å². The second-order valence-electron chi connectivity index (χ2n) is 9.11. The number of benzene rings is 2. The largest absolute Gasteiger partial charge is 0.376 e. The van der Waals surface area contributed by atoms with Crippen molar-refractivity contribution in [3.8, 4) is 0 Å². The van der Waals surface area contributed by atoms with Crippen molar-refractivity contribution >= 4 is 17.5 Å². The van der Waals surface area contributed by atoms with E-state index in [9.17, 15) is 9.59 Å². The minimum atomic E-state index is 0.00653. The normalized spacial score (nSPS) is 18.6. The van der Waals surface area contributed by atoms with Gasteiger partial charge >= 0.3 is 0 Å². The molecule has 1 saturated carbocycles. The van der Waals surface area contributed by atoms with E-state index in [4.69, 9.17) is 4.74 Å². The first-order valence-electron chi connectivity index (χ1n) is 11.9. The fourth-order valence-corrected chi connectivity index (χ4v) is 4.72. The van der Waals surface area contributed by atoms with Gasteiger partial charge in [0.15, 0.2) is 0 Å². The summed E-state index contributed by atoms with van der Waals surface area (Å²) in [6.07, 6.45) is 6.79. The molecule has 5 heteroatoms. The highest BCUT2D eigenvalue weighted by Crippen LogP contribution is 2.30. The van der Waals surface area contributed by atoms with Crippen LogP contribution in [0.25, 0.3) is 0 Å². The molecule has 2 fully saturated rings. The van der Waals surface area contributed by atoms with Gasteiger partial charge in [0.2, 0.25) is 11.8 Å². The summed E-state index contributed by atoms with van der Waals surface area (Å²) in [6.45, 7) is 4.03. The maximum atomic E-state index is 13.4. The number of carbonyl (C=O) groups excluding carboxylic acids is 2. The summed E-state index contributed by atoms with van der Waals surface area (Å²) in [5, 5.41) is 2.98. The third-order valence-corrected chi connectivity index (χ3v) is 6.72. The van der Waals surface area contributed by atoms with Gasteiger partial charge in [-0.15, -0.1) is 0 Å². The van der Waals surface area contributed by atoms with Gasteiger partial charge in [0.05, 0.1) is 19.1 Å². The summed E-state index contributed by atoms with van der Waals surface area (Å²) >= 11 is 0. The number of hydrogen-bond acceptors (Lipinski definition) is 3. The minimum absolute atomic E-state index is 0.00653. The van der Waals surface area contributed by atoms with Crippen molar-refractivity contribution in [1.82, 2.24) is 5.32 Å². The van der Waals surface area contributed by atoms with Crippen molar-refractivity contribution in [2.45, 2.75) is 64.5 Å². The molecule has 0 unspecified atom stereocenters. The molecule has 4 rings (SSSR count). The average Bonchev–Trinajstić information content (AvgIpc) is 3.52. The van der Waals surface area contributed by atoms with Crippen molar-refractivity contribution in [2.24, 2.45) is 5.92 Å². The Balaban J connectivity index is 1.43. The van der Waals surface area contributed by atoms with E-state index in [1.54, 1.807) is 0 Å². The standard InChI is InChI=1S/C27H34N2O3/c1-20-7-2-3-10-23(20)19-29(27(31)22-8-4-5-9-22)24-14-12-21(13-15-24)17-26(30)28-18-25-11-6-16-32-25/h2-3,7,10,12-15,22,25H,4-6,8-9,11,16-19H2,1H3,(H,28,30)/t25-/m1/s1. The van der Waals surface area contributed by atoms with E-state index in [1.807, 2.05) is 41.3 Å². The van der Waals surface area contributed by atoms with E-state index < -0.39 is 0 Å². The van der Waals surface area contributed by atoms with E-state index in [-0.39, 0.29) is 23.8 Å². The first-order valence-corrected chi connectivity index (χ1v) is 11.9. The van der Waals surface area contributed by atoms with Crippen LogP contribution in [-0.4, -0.2) is 31.1 Å². The van der Waals surface area contributed by atoms with E-state index in [0.29, 0.717) is 19.5 Å². The zero-order valence-electron chi connectivity index (χ0n) is 19.0. The number of nitrogens with zero attached hydrogens (tertiary/aromatic N) is 1. The molecule has 1 aliphatic carbocycles. The zero-order valence-corrected chi connectivity index (χ0v) is 19.0. The molecular formula is C27H34N2O3. The lowest BCUT2D eigenvalue weighted by Gasteiger charge is -2.27. The number of carbonyl (C=O) groups is 2. The fourth-order valence-electron chi connectivity index (χ4n) is 4.72. The number of aryl methyl sites for hydroxylation is 1. The number of ether oxygens (including phenoxy) is 1. The molecule has 1 atom stereocenters. The third kappa shape index (κ3) is 5.77. The van der Waals surface area contributed by atoms with Crippen molar-refractivity contribution in [1.29, 1.82) is 0 Å². The van der Waals surface area contributed by atoms with Crippen LogP contribution in [0, 0.1) is 12.8 Å². The van der Waals surface area contributed by atoms with Crippen LogP contribution in [0.5, 0.6) is 0 Å². The summed E-state index contributed by atoms with van der Waals surface area (Å²) < 4.78 is 5.57. The second kappa shape index (κ2) is 10.8. The molecule has 170 valence electrons. The molecule has 2 aliphatic rings. The first-order chi connectivity index (χ1) is 15.6. The first kappa shape index (κ1) is 22.5. The summed E-state index contributed by atoms with van der Waals surface area (Å²) in [5.41, 5.74) is 4.20. The van der Waals surface area contributed by atoms with Crippen molar-refractivity contribution in [3.63, 3.8) is 0 Å². The Morgan fingerprint density at radius 2 is 1.75 bits per heavy atom. The Kier molecular flexibility index (Phi) is 7.59. The number of nitrogens with one attached hydrogen (secondary N) is 1. The molecule has 0 bridgehead atoms. The van der Waals surface area contributed by atoms with E-state index in [0.717, 1.165) is 61.9 Å². The number of amides is 2. The summed E-state index contributed by atoms with van der Waals surface area (Å²) in [6, 6.07) is 16.1. The number of rotatable bonds is 8. The van der Waals surface area contributed by atoms with E-state index in [1.165, 1.54) is 5.56 Å². The highest BCUT2D eigenvalue weighted by molar-refractivity contribution is 5.95. The lowest BCUT2D eigenvalue weighted by molar-refractivity contribution is -0.122. The maximum absolute atomic E-state index is 13.4. The Bertz CT molecular complexity index is 913. The maximum Gasteiger partial charge on any atom is 0.230 e. The van der Waals surface area contributed by atoms with Crippen molar-refractivity contribution < 1.29 is 14.3 Å². The molecule has 1 saturated heterocycles. The average molecular weight is 435 g/mol. The Morgan fingerprint density at radius 1 is 1.00 bits per heavy atom. The molecule has 2 aromatic carbocycles. The highest BCUT2D eigenvalue weighted by Gasteiger charge is 2.28. The van der Waals surface area contributed by atoms with Crippen LogP contribution < -0.4 is 10.2 Å². The van der Waals surface area contributed by atoms with Crippen LogP contribution in [0.2, 0.25) is 0 Å². The number of hydrogen-bond donors (Lipinski definition) is 1. The molecule has 2 aromatic rings. The van der Waals surface area contributed by atoms with Gasteiger partial charge in [-0.25, -0.2) is 0 Å². The van der Waals surface area contributed by atoms with Crippen LogP contribution in [0.4, 0.5) is 5.69 Å². The molecule has 1 aliphatic heterocycles. The second-order valence-corrected chi connectivity index (χ2v) is 9.11. The van der Waals surface area contributed by atoms with Gasteiger partial charge in [0.25, 0.3) is 0 Å². The molecule has 0 aromatic heterocycles. The van der Waals surface area contributed by atoms with Gasteiger partial charge in [-0.1, -0.05) is 49.2 Å². The van der Waals surface area contributed by atoms with Crippen LogP contribution in [-0.2, 0) is 27.3 Å². The van der Waals surface area contributed by atoms with Gasteiger partial charge in [-0.05, 0) is 61.4 Å². The Hall–Kier alpha value is -2.66. The van der Waals surface area contributed by atoms with Crippen molar-refractivity contribution in [3.05, 3.63) is 65.2 Å². The molecule has 0 radical (unpaired) electrons. The molecule has 1 N–H and O–H groups in total. The third-order valence-electron chi connectivity index (χ3n) is 6.72. The summed E-state index contributed by atoms with van der Waals surface area (Å²) in [5.74, 6) is 0.335. The number of anilines is 1. The van der Waals surface area contributed by atoms with Gasteiger partial charge < -0.3 is 15.0 Å². The van der Waals surface area contributed by atoms with Gasteiger partial charge in [-0.2, -0.15) is 0 Å². The SMILES string of the molecule is Cc1ccccc1CN(C(=O)C1CCCC1)c1ccc(CC(=O)NC[C@H]2CCCO2)cc1. The monoisotopic (exact) mass is 434 g/mol. The molecule has 0 spiro atoms. The molecular weight excluding hydrogens is 400 g/mol. The zero-order chi connectivity index (χ0) is 22.3. The molecule has 32 heavy (non-hydrogen) atoms. The predicted octanol–water partition coefficient (Wildman–Crippen LogP) is 4.56. The van der Waals surface area contributed by atoms with Gasteiger partial charge in [-0.3, -0.25) is 9.59 Å². The molecule has 1 heterocycles. The Labute approximate surface area is 191 Å². The van der Waals surface area contributed by atoms with Crippen LogP contribution >= 0.6 is 0 Å². The smallest absolute Gasteiger partial charge is 0.230 e. The van der Waals surface area contributed by atoms with Gasteiger partial charge in [0.1, 0.15) is 0 Å². The highest BCUT2D eigenvalue weighted by atomic mass is 16.5. The quantitative estimate of drug-likeness (QED) is 0.663. The lowest BCUT2D eigenvalue weighted by atomic mass is 10.0. The minimum Gasteiger partial charge on any atom is -0.376 e. The van der Waals surface area contributed by atoms with E-state index >= 15 is 0 Å². The predicted molar refractivity (Wildman–Crippen MR) is 126 cm³/mol. The van der Waals surface area contributed by atoms with Crippen molar-refractivity contribution in [2.75, 3.05) is 18.1 Å². The van der Waals surface area contributed by atoms with E-state index in [2.05, 4.69) is 24.4 Å². The molecule has 2 amide bonds. The van der Waals surface area contributed by atoms with Crippen LogP contribution in [0.15, 0.2) is 48.5 Å². The molecule has 5 nitrogen and oxygen atoms in total. The summed E-state index contributed by atoms with van der Waals surface area (Å²) in [7, 11) is 0. The lowest BCUT2D eigenvalue weighted by Crippen LogP contribution is -2.35. The Morgan fingerprint density at radius 3 is 2.44 bits per heavy atom. The fraction of sp³-hybridized carbons (Fsp3) is 0.481. The topological polar surface area (TPSA) is 58.6 Å². The van der Waals surface area contributed by atoms with Crippen LogP contribution in [0.1, 0.15) is 55.2 Å². The van der Waals surface area contributed by atoms with Crippen LogP contribution in [0.3, 0.4) is 0 Å². The summed E-state index contributed by atoms with van der Waals surface area (Å²) in [4.78, 5) is 27.6.